The molecule has 1 fully saturated rings. The minimum Gasteiger partial charge on any atom is -0.444 e. The van der Waals surface area contributed by atoms with Gasteiger partial charge in [0.2, 0.25) is 5.89 Å². The number of pyridine rings is 1. The highest BCUT2D eigenvalue weighted by atomic mass is 19.4. The number of hydrogen-bond acceptors (Lipinski definition) is 8. The fourth-order valence-corrected chi connectivity index (χ4v) is 4.17. The maximum Gasteiger partial charge on any atom is 0.434 e. The standard InChI is InChI=1S/C29H29F3N6O5/c1-28(2,3)43-27(41)38(13-16-4-5-16)21-12-19(10-11-33-21)26-34-20(15-42-26)25(40)35-23-22(36-37-24(23)29(30,31)32)18-8-6-17(14-39)7-9-18/h6-12,15-16,39H,4-5,13-14H2,1-3H3,(H,35,40)(H,36,37). The van der Waals surface area contributed by atoms with Crippen LogP contribution in [0, 0.1) is 5.92 Å². The molecule has 2 amide bonds. The molecule has 3 heterocycles. The van der Waals surface area contributed by atoms with Gasteiger partial charge in [0, 0.05) is 23.9 Å². The van der Waals surface area contributed by atoms with Gasteiger partial charge in [-0.1, -0.05) is 24.3 Å². The molecule has 1 aromatic carbocycles. The van der Waals surface area contributed by atoms with Gasteiger partial charge in [0.1, 0.15) is 29.1 Å². The highest BCUT2D eigenvalue weighted by Crippen LogP contribution is 2.39. The van der Waals surface area contributed by atoms with Gasteiger partial charge in [-0.2, -0.15) is 18.3 Å². The Morgan fingerprint density at radius 1 is 1.14 bits per heavy atom. The Bertz CT molecular complexity index is 1620. The van der Waals surface area contributed by atoms with Crippen molar-refractivity contribution in [2.75, 3.05) is 16.8 Å². The molecule has 4 aromatic rings. The number of anilines is 2. The summed E-state index contributed by atoms with van der Waals surface area (Å²) >= 11 is 0. The summed E-state index contributed by atoms with van der Waals surface area (Å²) in [4.78, 5) is 36.0. The van der Waals surface area contributed by atoms with E-state index in [2.05, 4.69) is 20.4 Å². The molecule has 0 radical (unpaired) electrons. The van der Waals surface area contributed by atoms with Crippen molar-refractivity contribution in [1.82, 2.24) is 20.2 Å². The molecule has 3 N–H and O–H groups in total. The van der Waals surface area contributed by atoms with Crippen LogP contribution in [0.2, 0.25) is 0 Å². The van der Waals surface area contributed by atoms with Crippen molar-refractivity contribution < 1.29 is 37.0 Å². The lowest BCUT2D eigenvalue weighted by Crippen LogP contribution is -2.38. The number of nitrogens with zero attached hydrogens (tertiary/aromatic N) is 4. The number of nitrogens with one attached hydrogen (secondary N) is 2. The maximum absolute atomic E-state index is 13.8. The van der Waals surface area contributed by atoms with Crippen molar-refractivity contribution in [1.29, 1.82) is 0 Å². The van der Waals surface area contributed by atoms with E-state index >= 15 is 0 Å². The summed E-state index contributed by atoms with van der Waals surface area (Å²) in [6.45, 7) is 5.47. The van der Waals surface area contributed by atoms with Crippen LogP contribution in [0.3, 0.4) is 0 Å². The molecule has 1 aliphatic carbocycles. The topological polar surface area (TPSA) is 146 Å². The molecule has 226 valence electrons. The first kappa shape index (κ1) is 29.8. The zero-order chi connectivity index (χ0) is 30.9. The Balaban J connectivity index is 1.40. The number of aromatic nitrogens is 4. The number of benzene rings is 1. The molecule has 5 rings (SSSR count). The lowest BCUT2D eigenvalue weighted by atomic mass is 10.1. The van der Waals surface area contributed by atoms with E-state index in [1.165, 1.54) is 35.4 Å². The Hall–Kier alpha value is -4.72. The van der Waals surface area contributed by atoms with Gasteiger partial charge >= 0.3 is 12.3 Å². The van der Waals surface area contributed by atoms with E-state index in [0.29, 0.717) is 29.4 Å². The van der Waals surface area contributed by atoms with Crippen molar-refractivity contribution in [3.05, 3.63) is 65.8 Å². The van der Waals surface area contributed by atoms with Gasteiger partial charge in [-0.25, -0.2) is 14.8 Å². The number of amides is 2. The number of ether oxygens (including phenoxy) is 1. The molecule has 0 unspecified atom stereocenters. The van der Waals surface area contributed by atoms with Crippen LogP contribution in [-0.4, -0.2) is 49.4 Å². The number of carbonyl (C=O) groups is 2. The molecular weight excluding hydrogens is 569 g/mol. The Morgan fingerprint density at radius 2 is 1.86 bits per heavy atom. The lowest BCUT2D eigenvalue weighted by molar-refractivity contribution is -0.140. The molecule has 14 heteroatoms. The summed E-state index contributed by atoms with van der Waals surface area (Å²) in [6.07, 6.45) is -0.960. The van der Waals surface area contributed by atoms with Gasteiger partial charge < -0.3 is 19.6 Å². The Morgan fingerprint density at radius 3 is 2.49 bits per heavy atom. The van der Waals surface area contributed by atoms with E-state index in [4.69, 9.17) is 9.15 Å². The molecule has 0 spiro atoms. The van der Waals surface area contributed by atoms with Gasteiger partial charge in [0.15, 0.2) is 11.4 Å². The molecular formula is C29H29F3N6O5. The van der Waals surface area contributed by atoms with Gasteiger partial charge in [-0.05, 0) is 57.2 Å². The molecule has 0 atom stereocenters. The zero-order valence-electron chi connectivity index (χ0n) is 23.5. The number of hydrogen-bond donors (Lipinski definition) is 3. The minimum absolute atomic E-state index is 0.00702. The highest BCUT2D eigenvalue weighted by Gasteiger charge is 2.39. The van der Waals surface area contributed by atoms with E-state index in [-0.39, 0.29) is 29.4 Å². The third-order valence-electron chi connectivity index (χ3n) is 6.46. The normalized spacial score (nSPS) is 13.6. The van der Waals surface area contributed by atoms with E-state index < -0.39 is 35.2 Å². The maximum atomic E-state index is 13.8. The SMILES string of the molecule is CC(C)(C)OC(=O)N(CC1CC1)c1cc(-c2nc(C(=O)Nc3c(-c4ccc(CO)cc4)n[nH]c3C(F)(F)F)co2)ccn1. The minimum atomic E-state index is -4.85. The Kier molecular flexibility index (Phi) is 7.97. The monoisotopic (exact) mass is 598 g/mol. The number of halogens is 3. The average Bonchev–Trinajstić information content (AvgIpc) is 3.45. The van der Waals surface area contributed by atoms with Crippen molar-refractivity contribution in [3.63, 3.8) is 0 Å². The van der Waals surface area contributed by atoms with E-state index in [1.54, 1.807) is 32.9 Å². The third kappa shape index (κ3) is 7.02. The molecule has 1 saturated carbocycles. The van der Waals surface area contributed by atoms with Crippen LogP contribution in [0.25, 0.3) is 22.7 Å². The van der Waals surface area contributed by atoms with Crippen LogP contribution in [-0.2, 0) is 17.5 Å². The van der Waals surface area contributed by atoms with Crippen molar-refractivity contribution in [3.8, 4) is 22.7 Å². The smallest absolute Gasteiger partial charge is 0.434 e. The number of H-pyrrole nitrogens is 1. The first-order valence-corrected chi connectivity index (χ1v) is 13.4. The summed E-state index contributed by atoms with van der Waals surface area (Å²) in [5.74, 6) is -0.342. The van der Waals surface area contributed by atoms with Crippen LogP contribution in [0.4, 0.5) is 29.5 Å². The first-order valence-electron chi connectivity index (χ1n) is 13.4. The average molecular weight is 599 g/mol. The van der Waals surface area contributed by atoms with Crippen molar-refractivity contribution >= 4 is 23.5 Å². The first-order chi connectivity index (χ1) is 20.3. The lowest BCUT2D eigenvalue weighted by Gasteiger charge is -2.27. The molecule has 0 bridgehead atoms. The predicted octanol–water partition coefficient (Wildman–Crippen LogP) is 6.04. The fraction of sp³-hybridized carbons (Fsp3) is 0.345. The van der Waals surface area contributed by atoms with Crippen LogP contribution in [0.5, 0.6) is 0 Å². The third-order valence-corrected chi connectivity index (χ3v) is 6.46. The van der Waals surface area contributed by atoms with E-state index in [1.807, 2.05) is 5.10 Å². The van der Waals surface area contributed by atoms with Gasteiger partial charge in [-0.3, -0.25) is 14.8 Å². The summed E-state index contributed by atoms with van der Waals surface area (Å²) in [5.41, 5.74) is -1.76. The van der Waals surface area contributed by atoms with Crippen LogP contribution >= 0.6 is 0 Å². The summed E-state index contributed by atoms with van der Waals surface area (Å²) in [7, 11) is 0. The number of alkyl halides is 3. The van der Waals surface area contributed by atoms with Crippen molar-refractivity contribution in [2.45, 2.75) is 52.0 Å². The molecule has 0 saturated heterocycles. The number of aromatic amines is 1. The highest BCUT2D eigenvalue weighted by molar-refractivity contribution is 6.05. The fourth-order valence-electron chi connectivity index (χ4n) is 4.17. The van der Waals surface area contributed by atoms with Gasteiger partial charge in [0.25, 0.3) is 5.91 Å². The number of aliphatic hydroxyl groups is 1. The number of rotatable bonds is 8. The molecule has 3 aromatic heterocycles. The summed E-state index contributed by atoms with van der Waals surface area (Å²) in [6, 6.07) is 9.15. The largest absolute Gasteiger partial charge is 0.444 e. The Labute approximate surface area is 244 Å². The summed E-state index contributed by atoms with van der Waals surface area (Å²) < 4.78 is 52.4. The van der Waals surface area contributed by atoms with Gasteiger partial charge in [-0.15, -0.1) is 0 Å². The predicted molar refractivity (Wildman–Crippen MR) is 149 cm³/mol. The molecule has 0 aliphatic heterocycles. The van der Waals surface area contributed by atoms with Crippen molar-refractivity contribution in [2.24, 2.45) is 5.92 Å². The van der Waals surface area contributed by atoms with E-state index in [9.17, 15) is 27.9 Å². The molecule has 11 nitrogen and oxygen atoms in total. The second-order valence-corrected chi connectivity index (χ2v) is 11.1. The second kappa shape index (κ2) is 11.5. The zero-order valence-corrected chi connectivity index (χ0v) is 23.5. The van der Waals surface area contributed by atoms with Crippen LogP contribution in [0.15, 0.2) is 53.3 Å². The molecule has 1 aliphatic rings. The van der Waals surface area contributed by atoms with E-state index in [0.717, 1.165) is 19.1 Å². The van der Waals surface area contributed by atoms with Crippen LogP contribution < -0.4 is 10.2 Å². The van der Waals surface area contributed by atoms with Gasteiger partial charge in [0.05, 0.1) is 6.61 Å². The summed E-state index contributed by atoms with van der Waals surface area (Å²) in [5, 5.41) is 17.3. The van der Waals surface area contributed by atoms with Crippen LogP contribution in [0.1, 0.15) is 55.4 Å². The number of carbonyl (C=O) groups excluding carboxylic acids is 2. The quantitative estimate of drug-likeness (QED) is 0.222. The number of oxazole rings is 1. The molecule has 43 heavy (non-hydrogen) atoms. The number of aliphatic hydroxyl groups excluding tert-OH is 1. The second-order valence-electron chi connectivity index (χ2n) is 11.1.